The van der Waals surface area contributed by atoms with E-state index in [1.807, 2.05) is 0 Å². The Balaban J connectivity index is 2.05. The van der Waals surface area contributed by atoms with E-state index < -0.39 is 0 Å². The molecule has 2 aliphatic heterocycles. The minimum Gasteiger partial charge on any atom is -0.447 e. The zero-order valence-corrected chi connectivity index (χ0v) is 7.50. The molecule has 0 aromatic heterocycles. The molecule has 2 saturated heterocycles. The second kappa shape index (κ2) is 3.33. The van der Waals surface area contributed by atoms with Gasteiger partial charge in [-0.2, -0.15) is 0 Å². The molecule has 1 N–H and O–H groups in total. The zero-order chi connectivity index (χ0) is 8.39. The third-order valence-electron chi connectivity index (χ3n) is 2.78. The summed E-state index contributed by atoms with van der Waals surface area (Å²) in [7, 11) is 0. The summed E-state index contributed by atoms with van der Waals surface area (Å²) >= 11 is 0. The Kier molecular flexibility index (Phi) is 2.19. The molecule has 3 heteroatoms. The van der Waals surface area contributed by atoms with E-state index >= 15 is 0 Å². The van der Waals surface area contributed by atoms with Crippen LogP contribution >= 0.6 is 0 Å². The SMILES string of the molecule is OC(N1CCCC1)=[N+]1CCCC1. The van der Waals surface area contributed by atoms with Crippen molar-refractivity contribution < 1.29 is 9.68 Å². The highest BCUT2D eigenvalue weighted by atomic mass is 16.3. The van der Waals surface area contributed by atoms with Crippen LogP contribution in [0.4, 0.5) is 0 Å². The normalized spacial score (nSPS) is 23.7. The molecule has 0 radical (unpaired) electrons. The largest absolute Gasteiger partial charge is 0.447 e. The Bertz CT molecular complexity index is 187. The molecule has 0 saturated carbocycles. The molecule has 2 fully saturated rings. The minimum atomic E-state index is 0.532. The smallest absolute Gasteiger partial charge is 0.443 e. The highest BCUT2D eigenvalue weighted by Crippen LogP contribution is 2.09. The summed E-state index contributed by atoms with van der Waals surface area (Å²) in [6.07, 6.45) is 4.94. The number of hydrogen-bond acceptors (Lipinski definition) is 0. The van der Waals surface area contributed by atoms with Gasteiger partial charge in [-0.1, -0.05) is 0 Å². The van der Waals surface area contributed by atoms with E-state index in [0.717, 1.165) is 26.2 Å². The van der Waals surface area contributed by atoms with Gasteiger partial charge in [-0.15, -0.1) is 0 Å². The maximum absolute atomic E-state index is 9.82. The first-order valence-corrected chi connectivity index (χ1v) is 4.94. The highest BCUT2D eigenvalue weighted by Gasteiger charge is 2.27. The summed E-state index contributed by atoms with van der Waals surface area (Å²) in [5.41, 5.74) is 0. The first-order valence-electron chi connectivity index (χ1n) is 4.94. The first kappa shape index (κ1) is 7.90. The van der Waals surface area contributed by atoms with Crippen LogP contribution < -0.4 is 0 Å². The minimum absolute atomic E-state index is 0.532. The molecule has 3 nitrogen and oxygen atoms in total. The molecule has 0 aromatic carbocycles. The lowest BCUT2D eigenvalue weighted by atomic mass is 10.4. The fourth-order valence-corrected chi connectivity index (χ4v) is 2.03. The van der Waals surface area contributed by atoms with Crippen LogP contribution in [0.3, 0.4) is 0 Å². The van der Waals surface area contributed by atoms with E-state index in [0.29, 0.717) is 6.02 Å². The third-order valence-corrected chi connectivity index (χ3v) is 2.78. The maximum Gasteiger partial charge on any atom is 0.443 e. The van der Waals surface area contributed by atoms with Crippen LogP contribution in [0.1, 0.15) is 25.7 Å². The lowest BCUT2D eigenvalue weighted by Crippen LogP contribution is -2.35. The van der Waals surface area contributed by atoms with Crippen molar-refractivity contribution in [1.82, 2.24) is 4.90 Å². The van der Waals surface area contributed by atoms with Gasteiger partial charge in [-0.3, -0.25) is 0 Å². The molecule has 12 heavy (non-hydrogen) atoms. The van der Waals surface area contributed by atoms with E-state index in [-0.39, 0.29) is 0 Å². The number of aliphatic hydroxyl groups is 1. The lowest BCUT2D eigenvalue weighted by Gasteiger charge is -2.09. The van der Waals surface area contributed by atoms with Gasteiger partial charge >= 0.3 is 6.02 Å². The predicted octanol–water partition coefficient (Wildman–Crippen LogP) is 0.802. The standard InChI is InChI=1S/C9H16N2O/c12-9(10-5-1-2-6-10)11-7-3-4-8-11/h1-8H2/p+1. The van der Waals surface area contributed by atoms with E-state index in [2.05, 4.69) is 9.48 Å². The number of likely N-dealkylation sites (tertiary alicyclic amines) is 1. The molecule has 0 aliphatic carbocycles. The summed E-state index contributed by atoms with van der Waals surface area (Å²) in [6, 6.07) is 0.532. The van der Waals surface area contributed by atoms with Crippen molar-refractivity contribution in [3.63, 3.8) is 0 Å². The van der Waals surface area contributed by atoms with E-state index in [9.17, 15) is 5.11 Å². The number of aliphatic hydroxyl groups excluding tert-OH is 1. The van der Waals surface area contributed by atoms with Gasteiger partial charge in [0.2, 0.25) is 0 Å². The van der Waals surface area contributed by atoms with Crippen molar-refractivity contribution in [3.05, 3.63) is 0 Å². The number of nitrogens with zero attached hydrogens (tertiary/aromatic N) is 2. The maximum atomic E-state index is 9.82. The van der Waals surface area contributed by atoms with Gasteiger partial charge in [-0.25, -0.2) is 9.48 Å². The molecule has 0 atom stereocenters. The number of amidine groups is 1. The quantitative estimate of drug-likeness (QED) is 0.429. The Hall–Kier alpha value is -0.730. The first-order chi connectivity index (χ1) is 5.88. The zero-order valence-electron chi connectivity index (χ0n) is 7.50. The molecule has 2 heterocycles. The Morgan fingerprint density at radius 1 is 1.00 bits per heavy atom. The van der Waals surface area contributed by atoms with Crippen LogP contribution in [0, 0.1) is 0 Å². The predicted molar refractivity (Wildman–Crippen MR) is 47.7 cm³/mol. The van der Waals surface area contributed by atoms with Crippen LogP contribution in [0.25, 0.3) is 0 Å². The van der Waals surface area contributed by atoms with E-state index in [1.54, 1.807) is 0 Å². The average Bonchev–Trinajstić information content (AvgIpc) is 2.77. The molecular formula is C9H17N2O+. The van der Waals surface area contributed by atoms with Crippen molar-refractivity contribution in [2.24, 2.45) is 0 Å². The lowest BCUT2D eigenvalue weighted by molar-refractivity contribution is -0.519. The van der Waals surface area contributed by atoms with Gasteiger partial charge in [-0.05, 0) is 25.7 Å². The average molecular weight is 169 g/mol. The highest BCUT2D eigenvalue weighted by molar-refractivity contribution is 5.66. The summed E-state index contributed by atoms with van der Waals surface area (Å²) in [5.74, 6) is 0. The van der Waals surface area contributed by atoms with Crippen molar-refractivity contribution in [3.8, 4) is 0 Å². The number of hydrogen-bond donors (Lipinski definition) is 1. The van der Waals surface area contributed by atoms with Gasteiger partial charge in [0.05, 0.1) is 26.2 Å². The van der Waals surface area contributed by atoms with Crippen molar-refractivity contribution >= 4 is 6.02 Å². The fourth-order valence-electron chi connectivity index (χ4n) is 2.03. The molecule has 2 aliphatic rings. The van der Waals surface area contributed by atoms with Crippen molar-refractivity contribution in [1.29, 1.82) is 0 Å². The van der Waals surface area contributed by atoms with Gasteiger partial charge < -0.3 is 5.11 Å². The molecule has 2 rings (SSSR count). The van der Waals surface area contributed by atoms with Crippen molar-refractivity contribution in [2.45, 2.75) is 25.7 Å². The van der Waals surface area contributed by atoms with Crippen molar-refractivity contribution in [2.75, 3.05) is 26.2 Å². The molecule has 0 bridgehead atoms. The fraction of sp³-hybridized carbons (Fsp3) is 0.889. The summed E-state index contributed by atoms with van der Waals surface area (Å²) in [6.45, 7) is 4.18. The van der Waals surface area contributed by atoms with E-state index in [1.165, 1.54) is 25.7 Å². The third kappa shape index (κ3) is 1.40. The summed E-state index contributed by atoms with van der Waals surface area (Å²) < 4.78 is 2.10. The monoisotopic (exact) mass is 169 g/mol. The second-order valence-electron chi connectivity index (χ2n) is 3.69. The second-order valence-corrected chi connectivity index (χ2v) is 3.69. The molecule has 0 aromatic rings. The van der Waals surface area contributed by atoms with Crippen LogP contribution in [0.15, 0.2) is 0 Å². The summed E-state index contributed by atoms with van der Waals surface area (Å²) in [5, 5.41) is 9.82. The van der Waals surface area contributed by atoms with Gasteiger partial charge in [0.15, 0.2) is 0 Å². The Morgan fingerprint density at radius 2 is 1.58 bits per heavy atom. The van der Waals surface area contributed by atoms with Crippen LogP contribution in [0.5, 0.6) is 0 Å². The van der Waals surface area contributed by atoms with Gasteiger partial charge in [0.25, 0.3) is 0 Å². The molecule has 0 amide bonds. The van der Waals surface area contributed by atoms with Crippen LogP contribution in [-0.2, 0) is 0 Å². The van der Waals surface area contributed by atoms with Crippen LogP contribution in [0.2, 0.25) is 0 Å². The number of rotatable bonds is 0. The molecule has 0 spiro atoms. The molecular weight excluding hydrogens is 152 g/mol. The summed E-state index contributed by atoms with van der Waals surface area (Å²) in [4.78, 5) is 2.10. The van der Waals surface area contributed by atoms with Gasteiger partial charge in [0, 0.05) is 0 Å². The van der Waals surface area contributed by atoms with Crippen LogP contribution in [-0.4, -0.2) is 46.8 Å². The van der Waals surface area contributed by atoms with Gasteiger partial charge in [0.1, 0.15) is 0 Å². The van der Waals surface area contributed by atoms with E-state index in [4.69, 9.17) is 0 Å². The topological polar surface area (TPSA) is 26.5 Å². The molecule has 0 unspecified atom stereocenters. The Morgan fingerprint density at radius 3 is 2.17 bits per heavy atom. The Labute approximate surface area is 73.3 Å². The molecule has 68 valence electrons.